The van der Waals surface area contributed by atoms with E-state index in [1.807, 2.05) is 78.9 Å². The lowest BCUT2D eigenvalue weighted by molar-refractivity contribution is -0.137. The molecule has 5 heteroatoms. The van der Waals surface area contributed by atoms with Crippen molar-refractivity contribution in [2.45, 2.75) is 45.3 Å². The number of carboxylic acid groups (broad SMARTS) is 1. The van der Waals surface area contributed by atoms with Crippen LogP contribution in [0.25, 0.3) is 0 Å². The van der Waals surface area contributed by atoms with Gasteiger partial charge in [0.25, 0.3) is 0 Å². The minimum atomic E-state index is -0.739. The highest BCUT2D eigenvalue weighted by Crippen LogP contribution is 2.30. The summed E-state index contributed by atoms with van der Waals surface area (Å²) in [5.41, 5.74) is 3.33. The third-order valence-corrected chi connectivity index (χ3v) is 5.20. The van der Waals surface area contributed by atoms with Crippen molar-refractivity contribution < 1.29 is 24.1 Å². The van der Waals surface area contributed by atoms with Crippen molar-refractivity contribution in [3.63, 3.8) is 0 Å². The zero-order valence-electron chi connectivity index (χ0n) is 18.9. The van der Waals surface area contributed by atoms with Crippen LogP contribution in [-0.4, -0.2) is 24.3 Å². The van der Waals surface area contributed by atoms with Gasteiger partial charge in [-0.25, -0.2) is 0 Å². The Bertz CT molecular complexity index is 957. The number of rotatable bonds is 15. The van der Waals surface area contributed by atoms with Crippen LogP contribution < -0.4 is 9.47 Å². The van der Waals surface area contributed by atoms with Gasteiger partial charge in [-0.15, -0.1) is 0 Å². The van der Waals surface area contributed by atoms with Gasteiger partial charge in [-0.05, 0) is 48.1 Å². The molecule has 5 nitrogen and oxygen atoms in total. The smallest absolute Gasteiger partial charge is 0.303 e. The van der Waals surface area contributed by atoms with Gasteiger partial charge >= 0.3 is 5.97 Å². The minimum Gasteiger partial charge on any atom is -0.485 e. The third-order valence-electron chi connectivity index (χ3n) is 5.20. The van der Waals surface area contributed by atoms with Gasteiger partial charge in [0.05, 0.1) is 6.61 Å². The summed E-state index contributed by atoms with van der Waals surface area (Å²) >= 11 is 0. The maximum absolute atomic E-state index is 10.5. The van der Waals surface area contributed by atoms with Crippen molar-refractivity contribution in [2.24, 2.45) is 0 Å². The Hall–Kier alpha value is -3.31. The van der Waals surface area contributed by atoms with Gasteiger partial charge < -0.3 is 19.3 Å². The minimum absolute atomic E-state index is 0.227. The number of hydrogen-bond acceptors (Lipinski definition) is 4. The molecule has 0 atom stereocenters. The summed E-state index contributed by atoms with van der Waals surface area (Å²) in [4.78, 5) is 10.5. The van der Waals surface area contributed by atoms with Gasteiger partial charge in [-0.3, -0.25) is 4.79 Å². The molecule has 0 aliphatic carbocycles. The highest BCUT2D eigenvalue weighted by molar-refractivity contribution is 5.66. The second kappa shape index (κ2) is 14.0. The fourth-order valence-corrected chi connectivity index (χ4v) is 3.36. The van der Waals surface area contributed by atoms with Crippen molar-refractivity contribution in [2.75, 3.05) is 13.2 Å². The standard InChI is InChI=1S/C28H32O5/c29-28(30)14-8-3-9-18-31-19-17-23-15-16-26(32-21-24-10-4-1-5-11-24)27(20-23)33-22-25-12-6-2-7-13-25/h1-2,4-7,10-13,15-16,20H,3,8-9,14,17-19,21-22H2,(H,29,30). The summed E-state index contributed by atoms with van der Waals surface area (Å²) in [7, 11) is 0. The first kappa shape index (κ1) is 24.3. The van der Waals surface area contributed by atoms with Crippen molar-refractivity contribution in [3.05, 3.63) is 95.6 Å². The zero-order valence-corrected chi connectivity index (χ0v) is 18.9. The monoisotopic (exact) mass is 448 g/mol. The highest BCUT2D eigenvalue weighted by Gasteiger charge is 2.09. The molecular formula is C28H32O5. The lowest BCUT2D eigenvalue weighted by Crippen LogP contribution is -2.03. The molecule has 0 bridgehead atoms. The third kappa shape index (κ3) is 9.38. The van der Waals surface area contributed by atoms with Crippen molar-refractivity contribution >= 4 is 5.97 Å². The van der Waals surface area contributed by atoms with Crippen LogP contribution in [0.4, 0.5) is 0 Å². The van der Waals surface area contributed by atoms with Crippen LogP contribution in [0.5, 0.6) is 11.5 Å². The van der Waals surface area contributed by atoms with E-state index in [4.69, 9.17) is 19.3 Å². The molecule has 0 unspecified atom stereocenters. The molecule has 0 aliphatic heterocycles. The molecule has 0 radical (unpaired) electrons. The largest absolute Gasteiger partial charge is 0.485 e. The zero-order chi connectivity index (χ0) is 23.1. The maximum atomic E-state index is 10.5. The van der Waals surface area contributed by atoms with Crippen LogP contribution in [0.2, 0.25) is 0 Å². The van der Waals surface area contributed by atoms with Crippen molar-refractivity contribution in [3.8, 4) is 11.5 Å². The number of benzene rings is 3. The van der Waals surface area contributed by atoms with Gasteiger partial charge in [-0.2, -0.15) is 0 Å². The topological polar surface area (TPSA) is 65.0 Å². The summed E-state index contributed by atoms with van der Waals surface area (Å²) in [5, 5.41) is 8.67. The number of carboxylic acids is 1. The molecule has 0 spiro atoms. The Morgan fingerprint density at radius 3 is 1.94 bits per heavy atom. The number of unbranched alkanes of at least 4 members (excludes halogenated alkanes) is 2. The molecule has 0 fully saturated rings. The summed E-state index contributed by atoms with van der Waals surface area (Å²) < 4.78 is 17.9. The molecule has 33 heavy (non-hydrogen) atoms. The molecule has 0 saturated heterocycles. The summed E-state index contributed by atoms with van der Waals surface area (Å²) in [6.07, 6.45) is 3.45. The van der Waals surface area contributed by atoms with E-state index < -0.39 is 5.97 Å². The van der Waals surface area contributed by atoms with E-state index in [1.165, 1.54) is 0 Å². The van der Waals surface area contributed by atoms with Crippen molar-refractivity contribution in [1.29, 1.82) is 0 Å². The average molecular weight is 449 g/mol. The Morgan fingerprint density at radius 2 is 1.30 bits per heavy atom. The van der Waals surface area contributed by atoms with Gasteiger partial charge in [0.2, 0.25) is 0 Å². The fourth-order valence-electron chi connectivity index (χ4n) is 3.36. The fraction of sp³-hybridized carbons (Fsp3) is 0.321. The molecule has 0 aromatic heterocycles. The molecule has 3 aromatic carbocycles. The molecule has 1 N–H and O–H groups in total. The SMILES string of the molecule is O=C(O)CCCCCOCCc1ccc(OCc2ccccc2)c(OCc2ccccc2)c1. The first-order valence-electron chi connectivity index (χ1n) is 11.5. The number of hydrogen-bond donors (Lipinski definition) is 1. The Balaban J connectivity index is 1.53. The van der Waals surface area contributed by atoms with Crippen molar-refractivity contribution in [1.82, 2.24) is 0 Å². The molecular weight excluding hydrogens is 416 g/mol. The van der Waals surface area contributed by atoms with E-state index in [9.17, 15) is 4.79 Å². The molecule has 0 amide bonds. The lowest BCUT2D eigenvalue weighted by Gasteiger charge is -2.15. The van der Waals surface area contributed by atoms with E-state index in [-0.39, 0.29) is 6.42 Å². The Kier molecular flexibility index (Phi) is 10.3. The van der Waals surface area contributed by atoms with Gasteiger partial charge in [0.15, 0.2) is 11.5 Å². The first-order valence-corrected chi connectivity index (χ1v) is 11.5. The van der Waals surface area contributed by atoms with Crippen LogP contribution in [0, 0.1) is 0 Å². The predicted molar refractivity (Wildman–Crippen MR) is 129 cm³/mol. The average Bonchev–Trinajstić information content (AvgIpc) is 2.84. The highest BCUT2D eigenvalue weighted by atomic mass is 16.5. The van der Waals surface area contributed by atoms with Crippen LogP contribution in [0.1, 0.15) is 42.4 Å². The van der Waals surface area contributed by atoms with E-state index in [1.54, 1.807) is 0 Å². The summed E-state index contributed by atoms with van der Waals surface area (Å²) in [6.45, 7) is 2.21. The molecule has 0 saturated carbocycles. The van der Waals surface area contributed by atoms with Gasteiger partial charge in [0, 0.05) is 13.0 Å². The predicted octanol–water partition coefficient (Wildman–Crippen LogP) is 6.05. The molecule has 3 rings (SSSR count). The lowest BCUT2D eigenvalue weighted by atomic mass is 10.1. The molecule has 174 valence electrons. The van der Waals surface area contributed by atoms with Gasteiger partial charge in [0.1, 0.15) is 13.2 Å². The maximum Gasteiger partial charge on any atom is 0.303 e. The molecule has 0 heterocycles. The van der Waals surface area contributed by atoms with E-state index in [0.29, 0.717) is 32.8 Å². The molecule has 3 aromatic rings. The second-order valence-electron chi connectivity index (χ2n) is 7.90. The van der Waals surface area contributed by atoms with Crippen LogP contribution >= 0.6 is 0 Å². The quantitative estimate of drug-likeness (QED) is 0.287. The second-order valence-corrected chi connectivity index (χ2v) is 7.90. The van der Waals surface area contributed by atoms with Crippen LogP contribution in [0.3, 0.4) is 0 Å². The normalized spacial score (nSPS) is 10.7. The van der Waals surface area contributed by atoms with E-state index >= 15 is 0 Å². The van der Waals surface area contributed by atoms with E-state index in [0.717, 1.165) is 47.5 Å². The van der Waals surface area contributed by atoms with E-state index in [2.05, 4.69) is 0 Å². The van der Waals surface area contributed by atoms with Crippen LogP contribution in [0.15, 0.2) is 78.9 Å². The van der Waals surface area contributed by atoms with Crippen LogP contribution in [-0.2, 0) is 29.2 Å². The number of aliphatic carboxylic acids is 1. The Labute approximate surface area is 195 Å². The molecule has 0 aliphatic rings. The number of carbonyl (C=O) groups is 1. The number of ether oxygens (including phenoxy) is 3. The Morgan fingerprint density at radius 1 is 0.667 bits per heavy atom. The summed E-state index contributed by atoms with van der Waals surface area (Å²) in [6, 6.07) is 26.2. The first-order chi connectivity index (χ1) is 16.2. The summed E-state index contributed by atoms with van der Waals surface area (Å²) in [5.74, 6) is 0.705. The van der Waals surface area contributed by atoms with Gasteiger partial charge in [-0.1, -0.05) is 73.2 Å².